The van der Waals surface area contributed by atoms with Crippen LogP contribution in [0, 0.1) is 0 Å². The molecule has 0 aliphatic carbocycles. The van der Waals surface area contributed by atoms with Crippen molar-refractivity contribution in [3.8, 4) is 0 Å². The lowest BCUT2D eigenvalue weighted by Gasteiger charge is -2.42. The Morgan fingerprint density at radius 2 is 1.11 bits per heavy atom. The molecule has 3 fully saturated rings. The van der Waals surface area contributed by atoms with E-state index in [4.69, 9.17) is 69.6 Å². The third-order valence-electron chi connectivity index (χ3n) is 3.31. The van der Waals surface area contributed by atoms with E-state index in [1.54, 1.807) is 0 Å². The van der Waals surface area contributed by atoms with Crippen molar-refractivity contribution in [2.24, 2.45) is 0 Å². The van der Waals surface area contributed by atoms with E-state index in [0.29, 0.717) is 32.6 Å². The van der Waals surface area contributed by atoms with E-state index in [1.165, 1.54) is 4.90 Å². The molecule has 0 N–H and O–H groups in total. The van der Waals surface area contributed by atoms with Crippen LogP contribution in [0.1, 0.15) is 0 Å². The second-order valence-corrected chi connectivity index (χ2v) is 9.19. The minimum Gasteiger partial charge on any atom is -0.305 e. The summed E-state index contributed by atoms with van der Waals surface area (Å²) in [4.78, 5) is 16.6. The van der Waals surface area contributed by atoms with E-state index in [1.807, 2.05) is 9.80 Å². The molecule has 0 aromatic heterocycles. The fourth-order valence-electron chi connectivity index (χ4n) is 2.60. The monoisotopic (exact) mass is 387 g/mol. The standard InChI is InChI=1S/C9H11Cl6N3O/c10-8(11,12)6-16-1-2-17(4-3-16)7(9(13,14)15)18(6)5-19/h5-7H,1-4H2. The van der Waals surface area contributed by atoms with Gasteiger partial charge in [-0.15, -0.1) is 0 Å². The number of alkyl halides is 6. The molecule has 4 nitrogen and oxygen atoms in total. The zero-order valence-corrected chi connectivity index (χ0v) is 14.1. The zero-order valence-electron chi connectivity index (χ0n) is 9.58. The molecule has 110 valence electrons. The van der Waals surface area contributed by atoms with Crippen molar-refractivity contribution in [1.82, 2.24) is 14.7 Å². The van der Waals surface area contributed by atoms with Gasteiger partial charge in [0.1, 0.15) is 12.3 Å². The average molecular weight is 390 g/mol. The summed E-state index contributed by atoms with van der Waals surface area (Å²) in [5.74, 6) is 0. The van der Waals surface area contributed by atoms with Crippen LogP contribution in [0.5, 0.6) is 0 Å². The first-order valence-corrected chi connectivity index (χ1v) is 7.77. The summed E-state index contributed by atoms with van der Waals surface area (Å²) in [6.07, 6.45) is -0.957. The highest BCUT2D eigenvalue weighted by Crippen LogP contribution is 2.44. The van der Waals surface area contributed by atoms with E-state index in [0.717, 1.165) is 0 Å². The molecule has 3 saturated heterocycles. The molecule has 0 aromatic carbocycles. The van der Waals surface area contributed by atoms with Gasteiger partial charge in [0.15, 0.2) is 0 Å². The minimum absolute atomic E-state index is 0.565. The number of carbonyl (C=O) groups excluding carboxylic acids is 1. The fourth-order valence-corrected chi connectivity index (χ4v) is 4.11. The van der Waals surface area contributed by atoms with Crippen LogP contribution in [0.25, 0.3) is 0 Å². The molecule has 2 bridgehead atoms. The van der Waals surface area contributed by atoms with Crippen LogP contribution in [0.3, 0.4) is 0 Å². The largest absolute Gasteiger partial charge is 0.305 e. The number of rotatable bonds is 1. The Labute approximate surface area is 141 Å². The molecule has 3 heterocycles. The molecule has 3 aliphatic rings. The molecular formula is C9H11Cl6N3O. The average Bonchev–Trinajstić information content (AvgIpc) is 2.52. The number of carbonyl (C=O) groups is 1. The van der Waals surface area contributed by atoms with E-state index < -0.39 is 19.9 Å². The summed E-state index contributed by atoms with van der Waals surface area (Å²) < 4.78 is -3.37. The first kappa shape index (κ1) is 16.5. The van der Waals surface area contributed by atoms with Crippen molar-refractivity contribution < 1.29 is 4.79 Å². The Morgan fingerprint density at radius 3 is 1.32 bits per heavy atom. The second kappa shape index (κ2) is 5.73. The van der Waals surface area contributed by atoms with Crippen LogP contribution in [0.4, 0.5) is 0 Å². The van der Waals surface area contributed by atoms with Crippen molar-refractivity contribution in [1.29, 1.82) is 0 Å². The maximum Gasteiger partial charge on any atom is 0.223 e. The third-order valence-corrected chi connectivity index (χ3v) is 4.48. The van der Waals surface area contributed by atoms with Gasteiger partial charge in [0.05, 0.1) is 0 Å². The van der Waals surface area contributed by atoms with Crippen LogP contribution in [0.2, 0.25) is 0 Å². The molecule has 10 heteroatoms. The minimum atomic E-state index is -1.69. The third kappa shape index (κ3) is 3.32. The maximum atomic E-state index is 11.5. The Balaban J connectivity index is 2.46. The van der Waals surface area contributed by atoms with E-state index in [9.17, 15) is 4.79 Å². The number of nitrogens with zero attached hydrogens (tertiary/aromatic N) is 3. The van der Waals surface area contributed by atoms with E-state index in [2.05, 4.69) is 0 Å². The maximum absolute atomic E-state index is 11.5. The summed E-state index contributed by atoms with van der Waals surface area (Å²) >= 11 is 36.0. The normalized spacial score (nSPS) is 36.2. The Kier molecular flexibility index (Phi) is 4.97. The van der Waals surface area contributed by atoms with Gasteiger partial charge in [-0.3, -0.25) is 14.6 Å². The molecule has 19 heavy (non-hydrogen) atoms. The van der Waals surface area contributed by atoms with Gasteiger partial charge in [0.2, 0.25) is 14.0 Å². The topological polar surface area (TPSA) is 26.8 Å². The van der Waals surface area contributed by atoms with Crippen LogP contribution in [-0.2, 0) is 4.79 Å². The van der Waals surface area contributed by atoms with E-state index >= 15 is 0 Å². The quantitative estimate of drug-likeness (QED) is 0.509. The summed E-state index contributed by atoms with van der Waals surface area (Å²) in [6.45, 7) is 2.56. The molecule has 0 radical (unpaired) electrons. The lowest BCUT2D eigenvalue weighted by Crippen LogP contribution is -2.59. The number of halogens is 6. The van der Waals surface area contributed by atoms with Gasteiger partial charge >= 0.3 is 0 Å². The molecule has 0 aromatic rings. The van der Waals surface area contributed by atoms with Gasteiger partial charge in [-0.1, -0.05) is 69.6 Å². The molecule has 1 amide bonds. The van der Waals surface area contributed by atoms with Crippen molar-refractivity contribution in [3.05, 3.63) is 0 Å². The molecule has 2 unspecified atom stereocenters. The number of amides is 1. The van der Waals surface area contributed by atoms with Crippen molar-refractivity contribution >= 4 is 76.0 Å². The Hall–Kier alpha value is 1.13. The molecule has 2 atom stereocenters. The van der Waals surface area contributed by atoms with Gasteiger partial charge < -0.3 is 4.90 Å². The molecular weight excluding hydrogens is 379 g/mol. The van der Waals surface area contributed by atoms with Crippen LogP contribution in [0.15, 0.2) is 0 Å². The van der Waals surface area contributed by atoms with Gasteiger partial charge in [0, 0.05) is 26.2 Å². The van der Waals surface area contributed by atoms with Crippen LogP contribution >= 0.6 is 69.6 Å². The highest BCUT2D eigenvalue weighted by Gasteiger charge is 2.54. The summed E-state index contributed by atoms with van der Waals surface area (Å²) in [7, 11) is 0. The predicted octanol–water partition coefficient (Wildman–Crippen LogP) is 2.47. The molecule has 3 aliphatic heterocycles. The van der Waals surface area contributed by atoms with Gasteiger partial charge in [-0.05, 0) is 0 Å². The number of hydrogen-bond acceptors (Lipinski definition) is 3. The van der Waals surface area contributed by atoms with Crippen LogP contribution < -0.4 is 0 Å². The predicted molar refractivity (Wildman–Crippen MR) is 79.2 cm³/mol. The number of hydrogen-bond donors (Lipinski definition) is 0. The Morgan fingerprint density at radius 1 is 0.789 bits per heavy atom. The van der Waals surface area contributed by atoms with Crippen molar-refractivity contribution in [2.75, 3.05) is 26.2 Å². The summed E-state index contributed by atoms with van der Waals surface area (Å²) in [6, 6.07) is 0. The lowest BCUT2D eigenvalue weighted by molar-refractivity contribution is -0.127. The SMILES string of the molecule is O=CN1C(C(Cl)(Cl)Cl)N2CCN(CC2)C1C(Cl)(Cl)Cl. The number of fused-ring (bicyclic) bond motifs is 4. The van der Waals surface area contributed by atoms with Crippen molar-refractivity contribution in [2.45, 2.75) is 19.9 Å². The van der Waals surface area contributed by atoms with Gasteiger partial charge in [0.25, 0.3) is 0 Å². The summed E-state index contributed by atoms with van der Waals surface area (Å²) in [5.41, 5.74) is 0. The lowest BCUT2D eigenvalue weighted by atomic mass is 10.3. The smallest absolute Gasteiger partial charge is 0.223 e. The summed E-state index contributed by atoms with van der Waals surface area (Å²) in [5, 5.41) is 0. The highest BCUT2D eigenvalue weighted by atomic mass is 35.6. The fraction of sp³-hybridized carbons (Fsp3) is 0.889. The molecule has 0 spiro atoms. The Bertz CT molecular complexity index is 319. The van der Waals surface area contributed by atoms with Crippen molar-refractivity contribution in [3.63, 3.8) is 0 Å². The van der Waals surface area contributed by atoms with E-state index in [-0.39, 0.29) is 0 Å². The number of piperazine rings is 1. The second-order valence-electron chi connectivity index (χ2n) is 4.46. The zero-order chi connectivity index (χ0) is 14.4. The first-order chi connectivity index (χ1) is 8.66. The molecule has 0 saturated carbocycles. The highest BCUT2D eigenvalue weighted by molar-refractivity contribution is 6.69. The van der Waals surface area contributed by atoms with Crippen LogP contribution in [-0.4, -0.2) is 67.2 Å². The molecule has 3 rings (SSSR count). The van der Waals surface area contributed by atoms with Gasteiger partial charge in [-0.2, -0.15) is 0 Å². The first-order valence-electron chi connectivity index (χ1n) is 5.50. The van der Waals surface area contributed by atoms with Gasteiger partial charge in [-0.25, -0.2) is 0 Å².